The van der Waals surface area contributed by atoms with Crippen molar-refractivity contribution in [2.24, 2.45) is 0 Å². The molecule has 1 amide bonds. The predicted molar refractivity (Wildman–Crippen MR) is 53.9 cm³/mol. The largest absolute Gasteiger partial charge is 0.358 e. The third kappa shape index (κ3) is 3.18. The van der Waals surface area contributed by atoms with Gasteiger partial charge in [-0.15, -0.1) is 0 Å². The lowest BCUT2D eigenvalue weighted by molar-refractivity contribution is -0.119. The number of imidazole rings is 1. The van der Waals surface area contributed by atoms with Crippen molar-refractivity contribution in [3.8, 4) is 0 Å². The summed E-state index contributed by atoms with van der Waals surface area (Å²) >= 11 is 0. The summed E-state index contributed by atoms with van der Waals surface area (Å²) < 4.78 is 2.04. The maximum absolute atomic E-state index is 10.8. The Hall–Kier alpha value is -1.36. The second-order valence-electron chi connectivity index (χ2n) is 3.02. The van der Waals surface area contributed by atoms with Crippen LogP contribution in [0.1, 0.15) is 5.82 Å². The van der Waals surface area contributed by atoms with Crippen LogP contribution in [0.25, 0.3) is 0 Å². The molecule has 0 bridgehead atoms. The zero-order chi connectivity index (χ0) is 10.4. The summed E-state index contributed by atoms with van der Waals surface area (Å²) in [5.74, 6) is 0.999. The molecule has 0 atom stereocenters. The van der Waals surface area contributed by atoms with E-state index in [1.807, 2.05) is 17.7 Å². The highest BCUT2D eigenvalue weighted by Gasteiger charge is 1.97. The van der Waals surface area contributed by atoms with Crippen LogP contribution in [0.5, 0.6) is 0 Å². The van der Waals surface area contributed by atoms with Crippen LogP contribution in [-0.4, -0.2) is 35.6 Å². The summed E-state index contributed by atoms with van der Waals surface area (Å²) in [6.45, 7) is 3.93. The molecule has 0 spiro atoms. The molecule has 1 rings (SSSR count). The fourth-order valence-corrected chi connectivity index (χ4v) is 1.13. The molecule has 0 saturated carbocycles. The van der Waals surface area contributed by atoms with E-state index in [1.54, 1.807) is 13.2 Å². The van der Waals surface area contributed by atoms with Crippen LogP contribution >= 0.6 is 0 Å². The van der Waals surface area contributed by atoms with Crippen molar-refractivity contribution in [2.75, 3.05) is 20.1 Å². The highest BCUT2D eigenvalue weighted by Crippen LogP contribution is 1.92. The number of nitrogens with zero attached hydrogens (tertiary/aromatic N) is 2. The minimum atomic E-state index is 0.00681. The average molecular weight is 196 g/mol. The number of hydrogen-bond acceptors (Lipinski definition) is 3. The SMILES string of the molecule is CNC(=O)CNCCn1ccnc1C. The first-order chi connectivity index (χ1) is 6.74. The standard InChI is InChI=1S/C9H16N4O/c1-8-12-4-6-13(8)5-3-11-7-9(14)10-2/h4,6,11H,3,5,7H2,1-2H3,(H,10,14). The fraction of sp³-hybridized carbons (Fsp3) is 0.556. The molecule has 0 unspecified atom stereocenters. The highest BCUT2D eigenvalue weighted by atomic mass is 16.1. The van der Waals surface area contributed by atoms with E-state index in [-0.39, 0.29) is 5.91 Å². The van der Waals surface area contributed by atoms with Gasteiger partial charge >= 0.3 is 0 Å². The summed E-state index contributed by atoms with van der Waals surface area (Å²) in [4.78, 5) is 14.9. The maximum Gasteiger partial charge on any atom is 0.233 e. The van der Waals surface area contributed by atoms with Crippen LogP contribution in [0.3, 0.4) is 0 Å². The first-order valence-electron chi connectivity index (χ1n) is 4.63. The topological polar surface area (TPSA) is 59.0 Å². The van der Waals surface area contributed by atoms with Crippen LogP contribution in [0.15, 0.2) is 12.4 Å². The number of aromatic nitrogens is 2. The molecule has 0 aliphatic carbocycles. The van der Waals surface area contributed by atoms with Gasteiger partial charge in [-0.25, -0.2) is 4.98 Å². The van der Waals surface area contributed by atoms with Gasteiger partial charge in [0.15, 0.2) is 0 Å². The number of aryl methyl sites for hydroxylation is 1. The summed E-state index contributed by atoms with van der Waals surface area (Å²) in [5, 5.41) is 5.59. The molecule has 0 fully saturated rings. The van der Waals surface area contributed by atoms with Gasteiger partial charge in [0.2, 0.25) is 5.91 Å². The molecular formula is C9H16N4O. The molecule has 14 heavy (non-hydrogen) atoms. The van der Waals surface area contributed by atoms with Crippen LogP contribution in [0, 0.1) is 6.92 Å². The lowest BCUT2D eigenvalue weighted by Crippen LogP contribution is -2.33. The number of carbonyl (C=O) groups is 1. The van der Waals surface area contributed by atoms with Gasteiger partial charge in [-0.1, -0.05) is 0 Å². The summed E-state index contributed by atoms with van der Waals surface area (Å²) in [6, 6.07) is 0. The molecule has 5 heteroatoms. The zero-order valence-electron chi connectivity index (χ0n) is 8.58. The van der Waals surface area contributed by atoms with Crippen LogP contribution < -0.4 is 10.6 Å². The van der Waals surface area contributed by atoms with Crippen molar-refractivity contribution in [2.45, 2.75) is 13.5 Å². The summed E-state index contributed by atoms with van der Waals surface area (Å²) in [7, 11) is 1.63. The molecule has 5 nitrogen and oxygen atoms in total. The lowest BCUT2D eigenvalue weighted by atomic mass is 10.5. The molecular weight excluding hydrogens is 180 g/mol. The number of hydrogen-bond donors (Lipinski definition) is 2. The quantitative estimate of drug-likeness (QED) is 0.626. The van der Waals surface area contributed by atoms with E-state index in [0.717, 1.165) is 18.9 Å². The fourth-order valence-electron chi connectivity index (χ4n) is 1.13. The molecule has 78 valence electrons. The molecule has 1 aromatic heterocycles. The van der Waals surface area contributed by atoms with Gasteiger partial charge in [0.25, 0.3) is 0 Å². The maximum atomic E-state index is 10.8. The monoisotopic (exact) mass is 196 g/mol. The van der Waals surface area contributed by atoms with Crippen molar-refractivity contribution in [3.05, 3.63) is 18.2 Å². The molecule has 0 radical (unpaired) electrons. The normalized spacial score (nSPS) is 10.1. The Labute approximate surface area is 83.5 Å². The molecule has 1 aromatic rings. The Morgan fingerprint density at radius 2 is 2.43 bits per heavy atom. The molecule has 1 heterocycles. The first-order valence-corrected chi connectivity index (χ1v) is 4.63. The number of amides is 1. The molecule has 2 N–H and O–H groups in total. The molecule has 0 aliphatic heterocycles. The Balaban J connectivity index is 2.16. The number of carbonyl (C=O) groups excluding carboxylic acids is 1. The third-order valence-corrected chi connectivity index (χ3v) is 2.02. The number of likely N-dealkylation sites (N-methyl/N-ethyl adjacent to an activating group) is 1. The zero-order valence-corrected chi connectivity index (χ0v) is 8.58. The van der Waals surface area contributed by atoms with Crippen LogP contribution in [0.4, 0.5) is 0 Å². The van der Waals surface area contributed by atoms with E-state index in [1.165, 1.54) is 0 Å². The lowest BCUT2D eigenvalue weighted by Gasteiger charge is -2.05. The minimum absolute atomic E-state index is 0.00681. The highest BCUT2D eigenvalue weighted by molar-refractivity contribution is 5.77. The van der Waals surface area contributed by atoms with Gasteiger partial charge in [-0.05, 0) is 6.92 Å². The van der Waals surface area contributed by atoms with Gasteiger partial charge in [-0.3, -0.25) is 4.79 Å². The van der Waals surface area contributed by atoms with Crippen molar-refractivity contribution < 1.29 is 4.79 Å². The van der Waals surface area contributed by atoms with Gasteiger partial charge in [0, 0.05) is 32.5 Å². The number of rotatable bonds is 5. The minimum Gasteiger partial charge on any atom is -0.358 e. The number of nitrogens with one attached hydrogen (secondary N) is 2. The van der Waals surface area contributed by atoms with Gasteiger partial charge in [-0.2, -0.15) is 0 Å². The smallest absolute Gasteiger partial charge is 0.233 e. The Bertz CT molecular complexity index is 295. The summed E-state index contributed by atoms with van der Waals surface area (Å²) in [6.07, 6.45) is 3.70. The van der Waals surface area contributed by atoms with E-state index in [4.69, 9.17) is 0 Å². The second kappa shape index (κ2) is 5.39. The van der Waals surface area contributed by atoms with Crippen LogP contribution in [0.2, 0.25) is 0 Å². The summed E-state index contributed by atoms with van der Waals surface area (Å²) in [5.41, 5.74) is 0. The Morgan fingerprint density at radius 3 is 3.00 bits per heavy atom. The molecule has 0 saturated heterocycles. The van der Waals surface area contributed by atoms with E-state index < -0.39 is 0 Å². The Morgan fingerprint density at radius 1 is 1.64 bits per heavy atom. The predicted octanol–water partition coefficient (Wildman–Crippen LogP) is -0.473. The molecule has 0 aromatic carbocycles. The van der Waals surface area contributed by atoms with Gasteiger partial charge in [0.1, 0.15) is 5.82 Å². The van der Waals surface area contributed by atoms with Gasteiger partial charge < -0.3 is 15.2 Å². The van der Waals surface area contributed by atoms with Crippen LogP contribution in [-0.2, 0) is 11.3 Å². The molecule has 0 aliphatic rings. The van der Waals surface area contributed by atoms with E-state index >= 15 is 0 Å². The first kappa shape index (κ1) is 10.7. The second-order valence-corrected chi connectivity index (χ2v) is 3.02. The van der Waals surface area contributed by atoms with Crippen molar-refractivity contribution in [3.63, 3.8) is 0 Å². The van der Waals surface area contributed by atoms with E-state index in [2.05, 4.69) is 15.6 Å². The van der Waals surface area contributed by atoms with Crippen molar-refractivity contribution >= 4 is 5.91 Å². The Kier molecular flexibility index (Phi) is 4.12. The van der Waals surface area contributed by atoms with E-state index in [0.29, 0.717) is 6.54 Å². The average Bonchev–Trinajstić information content (AvgIpc) is 2.58. The van der Waals surface area contributed by atoms with Crippen molar-refractivity contribution in [1.29, 1.82) is 0 Å². The van der Waals surface area contributed by atoms with Crippen molar-refractivity contribution in [1.82, 2.24) is 20.2 Å². The third-order valence-electron chi connectivity index (χ3n) is 2.02. The van der Waals surface area contributed by atoms with Gasteiger partial charge in [0.05, 0.1) is 6.54 Å². The van der Waals surface area contributed by atoms with E-state index in [9.17, 15) is 4.79 Å².